The average molecular weight is 703 g/mol. The number of hydrogen-bond donors (Lipinski definition) is 0. The second kappa shape index (κ2) is 11.4. The molecule has 0 bridgehead atoms. The van der Waals surface area contributed by atoms with E-state index in [4.69, 9.17) is 4.42 Å². The molecule has 0 aliphatic carbocycles. The van der Waals surface area contributed by atoms with Crippen LogP contribution in [0.15, 0.2) is 186 Å². The Morgan fingerprint density at radius 1 is 0.315 bits per heavy atom. The van der Waals surface area contributed by atoms with Gasteiger partial charge in [0.05, 0.1) is 0 Å². The van der Waals surface area contributed by atoms with E-state index in [0.717, 1.165) is 22.1 Å². The normalized spacial score (nSPS) is 12.1. The highest BCUT2D eigenvalue weighted by molar-refractivity contribution is 7.26. The first-order chi connectivity index (χ1) is 26.8. The van der Waals surface area contributed by atoms with Crippen molar-refractivity contribution < 1.29 is 4.42 Å². The first-order valence-corrected chi connectivity index (χ1v) is 19.3. The van der Waals surface area contributed by atoms with E-state index in [1.165, 1.54) is 96.5 Å². The molecule has 0 saturated heterocycles. The van der Waals surface area contributed by atoms with E-state index in [1.54, 1.807) is 0 Å². The van der Waals surface area contributed by atoms with E-state index < -0.39 is 0 Å². The van der Waals surface area contributed by atoms with Crippen LogP contribution in [0.1, 0.15) is 0 Å². The van der Waals surface area contributed by atoms with Crippen LogP contribution in [-0.2, 0) is 0 Å². The summed E-state index contributed by atoms with van der Waals surface area (Å²) in [5.41, 5.74) is 9.21. The predicted octanol–water partition coefficient (Wildman–Crippen LogP) is 15.6. The molecule has 10 aromatic carbocycles. The Kier molecular flexibility index (Phi) is 6.28. The van der Waals surface area contributed by atoms with Crippen molar-refractivity contribution in [2.24, 2.45) is 0 Å². The van der Waals surface area contributed by atoms with Crippen molar-refractivity contribution in [3.05, 3.63) is 182 Å². The molecule has 2 heteroatoms. The van der Waals surface area contributed by atoms with Crippen LogP contribution in [0.25, 0.3) is 119 Å². The molecule has 0 aliphatic heterocycles. The van der Waals surface area contributed by atoms with Gasteiger partial charge in [0.15, 0.2) is 0 Å². The van der Waals surface area contributed by atoms with E-state index >= 15 is 0 Å². The lowest BCUT2D eigenvalue weighted by atomic mass is 9.84. The zero-order valence-corrected chi connectivity index (χ0v) is 30.0. The van der Waals surface area contributed by atoms with Gasteiger partial charge in [-0.25, -0.2) is 0 Å². The number of hydrogen-bond acceptors (Lipinski definition) is 2. The van der Waals surface area contributed by atoms with Crippen molar-refractivity contribution in [3.8, 4) is 33.4 Å². The van der Waals surface area contributed by atoms with Crippen LogP contribution < -0.4 is 0 Å². The van der Waals surface area contributed by atoms with Gasteiger partial charge in [-0.3, -0.25) is 0 Å². The standard InChI is InChI=1S/C52H30OS/c1-2-12-31(13-3-1)49-37-17-6-8-19-39(37)50(40-20-9-7-18-38(40)49)41-25-24-33(34-14-4-5-15-35(34)41)32-22-23-45-47(30-32)53-46-29-28-44-42(51(45)46)26-27-43-36-16-10-11-21-48(36)54-52(43)44/h1-30H. The lowest BCUT2D eigenvalue weighted by Crippen LogP contribution is -1.92. The summed E-state index contributed by atoms with van der Waals surface area (Å²) in [6, 6.07) is 66.6. The maximum absolute atomic E-state index is 6.65. The highest BCUT2D eigenvalue weighted by Gasteiger charge is 2.20. The van der Waals surface area contributed by atoms with Gasteiger partial charge in [0, 0.05) is 36.3 Å². The first kappa shape index (κ1) is 29.8. The fourth-order valence-corrected chi connectivity index (χ4v) is 10.4. The van der Waals surface area contributed by atoms with Crippen LogP contribution in [0.4, 0.5) is 0 Å². The summed E-state index contributed by atoms with van der Waals surface area (Å²) < 4.78 is 9.31. The molecule has 1 nitrogen and oxygen atoms in total. The molecule has 0 unspecified atom stereocenters. The van der Waals surface area contributed by atoms with E-state index in [0.29, 0.717) is 0 Å². The molecule has 2 aromatic heterocycles. The lowest BCUT2D eigenvalue weighted by molar-refractivity contribution is 0.669. The van der Waals surface area contributed by atoms with E-state index in [9.17, 15) is 0 Å². The van der Waals surface area contributed by atoms with Gasteiger partial charge in [0.2, 0.25) is 0 Å². The van der Waals surface area contributed by atoms with Crippen LogP contribution in [-0.4, -0.2) is 0 Å². The molecule has 54 heavy (non-hydrogen) atoms. The van der Waals surface area contributed by atoms with Gasteiger partial charge < -0.3 is 4.42 Å². The zero-order chi connectivity index (χ0) is 35.3. The molecule has 0 N–H and O–H groups in total. The van der Waals surface area contributed by atoms with Gasteiger partial charge in [0.25, 0.3) is 0 Å². The minimum atomic E-state index is 0.910. The second-order valence-corrected chi connectivity index (χ2v) is 15.4. The molecule has 0 saturated carbocycles. The maximum Gasteiger partial charge on any atom is 0.136 e. The molecule has 0 spiro atoms. The Morgan fingerprint density at radius 3 is 1.59 bits per heavy atom. The Labute approximate surface area is 314 Å². The molecule has 0 radical (unpaired) electrons. The monoisotopic (exact) mass is 702 g/mol. The van der Waals surface area contributed by atoms with Crippen molar-refractivity contribution in [2.75, 3.05) is 0 Å². The highest BCUT2D eigenvalue weighted by atomic mass is 32.1. The SMILES string of the molecule is c1ccc(-c2c3ccccc3c(-c3ccc(-c4ccc5c(c4)oc4ccc6c(ccc7c8ccccc8sc76)c45)c4ccccc34)c3ccccc23)cc1. The third-order valence-electron chi connectivity index (χ3n) is 11.5. The van der Waals surface area contributed by atoms with E-state index in [-0.39, 0.29) is 0 Å². The Balaban J connectivity index is 1.06. The predicted molar refractivity (Wildman–Crippen MR) is 233 cm³/mol. The summed E-state index contributed by atoms with van der Waals surface area (Å²) in [6.45, 7) is 0. The molecule has 0 fully saturated rings. The Hall–Kier alpha value is -6.74. The number of rotatable bonds is 3. The van der Waals surface area contributed by atoms with Crippen LogP contribution >= 0.6 is 11.3 Å². The van der Waals surface area contributed by atoms with Crippen LogP contribution in [0.2, 0.25) is 0 Å². The van der Waals surface area contributed by atoms with Crippen molar-refractivity contribution in [3.63, 3.8) is 0 Å². The number of fused-ring (bicyclic) bond motifs is 12. The summed E-state index contributed by atoms with van der Waals surface area (Å²) >= 11 is 1.88. The average Bonchev–Trinajstić information content (AvgIpc) is 3.81. The largest absolute Gasteiger partial charge is 0.456 e. The lowest BCUT2D eigenvalue weighted by Gasteiger charge is -2.19. The topological polar surface area (TPSA) is 13.1 Å². The maximum atomic E-state index is 6.65. The molecular weight excluding hydrogens is 673 g/mol. The number of furan rings is 1. The molecule has 0 aliphatic rings. The summed E-state index contributed by atoms with van der Waals surface area (Å²) in [7, 11) is 0. The van der Waals surface area contributed by atoms with Crippen molar-refractivity contribution in [2.45, 2.75) is 0 Å². The van der Waals surface area contributed by atoms with Gasteiger partial charge >= 0.3 is 0 Å². The van der Waals surface area contributed by atoms with Gasteiger partial charge in [-0.05, 0) is 101 Å². The third kappa shape index (κ3) is 4.20. The van der Waals surface area contributed by atoms with Crippen molar-refractivity contribution in [1.82, 2.24) is 0 Å². The second-order valence-electron chi connectivity index (χ2n) is 14.3. The molecule has 0 atom stereocenters. The van der Waals surface area contributed by atoms with E-state index in [2.05, 4.69) is 182 Å². The smallest absolute Gasteiger partial charge is 0.136 e. The van der Waals surface area contributed by atoms with Gasteiger partial charge in [-0.15, -0.1) is 11.3 Å². The summed E-state index contributed by atoms with van der Waals surface area (Å²) in [5.74, 6) is 0. The van der Waals surface area contributed by atoms with Crippen molar-refractivity contribution in [1.29, 1.82) is 0 Å². The molecular formula is C52H30OS. The summed E-state index contributed by atoms with van der Waals surface area (Å²) in [4.78, 5) is 0. The first-order valence-electron chi connectivity index (χ1n) is 18.5. The summed E-state index contributed by atoms with van der Waals surface area (Å²) in [6.07, 6.45) is 0. The fraction of sp³-hybridized carbons (Fsp3) is 0. The zero-order valence-electron chi connectivity index (χ0n) is 29.1. The van der Waals surface area contributed by atoms with Crippen LogP contribution in [0.5, 0.6) is 0 Å². The molecule has 0 amide bonds. The van der Waals surface area contributed by atoms with Gasteiger partial charge in [-0.2, -0.15) is 0 Å². The van der Waals surface area contributed by atoms with Crippen LogP contribution in [0, 0.1) is 0 Å². The van der Waals surface area contributed by atoms with Crippen LogP contribution in [0.3, 0.4) is 0 Å². The minimum absolute atomic E-state index is 0.910. The minimum Gasteiger partial charge on any atom is -0.456 e. The molecule has 2 heterocycles. The highest BCUT2D eigenvalue weighted by Crippen LogP contribution is 2.47. The van der Waals surface area contributed by atoms with Gasteiger partial charge in [0.1, 0.15) is 11.2 Å². The van der Waals surface area contributed by atoms with E-state index in [1.807, 2.05) is 11.3 Å². The number of thiophene rings is 1. The fourth-order valence-electron chi connectivity index (χ4n) is 9.13. The summed E-state index contributed by atoms with van der Waals surface area (Å²) in [5, 5.41) is 15.0. The van der Waals surface area contributed by atoms with Crippen molar-refractivity contribution >= 4 is 96.5 Å². The van der Waals surface area contributed by atoms with Gasteiger partial charge in [-0.1, -0.05) is 152 Å². The molecule has 250 valence electrons. The molecule has 12 aromatic rings. The Morgan fingerprint density at radius 2 is 0.852 bits per heavy atom. The third-order valence-corrected chi connectivity index (χ3v) is 12.7. The Bertz CT molecular complexity index is 3440. The number of benzene rings is 10. The molecule has 12 rings (SSSR count). The quantitative estimate of drug-likeness (QED) is 0.167.